The van der Waals surface area contributed by atoms with Crippen molar-refractivity contribution in [3.63, 3.8) is 0 Å². The molecule has 1 heterocycles. The number of nitrogens with zero attached hydrogens (tertiary/aromatic N) is 2. The van der Waals surface area contributed by atoms with Gasteiger partial charge in [0.1, 0.15) is 0 Å². The molecular weight excluding hydrogens is 296 g/mol. The first-order valence-electron chi connectivity index (χ1n) is 7.00. The molecule has 0 spiro atoms. The Morgan fingerprint density at radius 2 is 2.18 bits per heavy atom. The summed E-state index contributed by atoms with van der Waals surface area (Å²) in [6.45, 7) is 3.52. The van der Waals surface area contributed by atoms with Crippen LogP contribution in [0.5, 0.6) is 0 Å². The minimum atomic E-state index is -0.0617. The summed E-state index contributed by atoms with van der Waals surface area (Å²) in [5.74, 6) is 0.0119. The fourth-order valence-corrected chi connectivity index (χ4v) is 3.27. The van der Waals surface area contributed by atoms with Gasteiger partial charge < -0.3 is 0 Å². The molecule has 0 aliphatic heterocycles. The third-order valence-corrected chi connectivity index (χ3v) is 4.70. The maximum atomic E-state index is 12.4. The van der Waals surface area contributed by atoms with E-state index >= 15 is 0 Å². The Morgan fingerprint density at radius 1 is 1.41 bits per heavy atom. The summed E-state index contributed by atoms with van der Waals surface area (Å²) in [5.41, 5.74) is 4.50. The van der Waals surface area contributed by atoms with Crippen LogP contribution in [0.25, 0.3) is 6.08 Å². The molecule has 4 nitrogen and oxygen atoms in total. The summed E-state index contributed by atoms with van der Waals surface area (Å²) in [5, 5.41) is 2.50. The molecule has 0 saturated carbocycles. The van der Waals surface area contributed by atoms with E-state index in [9.17, 15) is 9.59 Å². The van der Waals surface area contributed by atoms with Crippen molar-refractivity contribution in [3.05, 3.63) is 51.5 Å². The summed E-state index contributed by atoms with van der Waals surface area (Å²) >= 11 is 1.39. The maximum absolute atomic E-state index is 12.4. The maximum Gasteiger partial charge on any atom is 0.225 e. The number of allylic oxidation sites excluding steroid dienone is 1. The molecule has 3 rings (SSSR count). The molecule has 1 aromatic carbocycles. The van der Waals surface area contributed by atoms with E-state index in [1.54, 1.807) is 7.05 Å². The zero-order chi connectivity index (χ0) is 15.9. The van der Waals surface area contributed by atoms with Crippen LogP contribution in [0.15, 0.2) is 29.2 Å². The van der Waals surface area contributed by atoms with Gasteiger partial charge >= 0.3 is 0 Å². The van der Waals surface area contributed by atoms with Crippen molar-refractivity contribution in [1.82, 2.24) is 4.98 Å². The number of benzene rings is 1. The number of aryl methyl sites for hydroxylation is 1. The number of ketones is 1. The van der Waals surface area contributed by atoms with Crippen LogP contribution in [0.2, 0.25) is 0 Å². The van der Waals surface area contributed by atoms with Crippen LogP contribution in [0.4, 0.5) is 5.13 Å². The van der Waals surface area contributed by atoms with Crippen molar-refractivity contribution in [3.8, 4) is 0 Å². The molecule has 0 saturated heterocycles. The van der Waals surface area contributed by atoms with Crippen LogP contribution in [0.1, 0.15) is 34.1 Å². The second-order valence-electron chi connectivity index (χ2n) is 5.47. The molecule has 1 amide bonds. The fourth-order valence-electron chi connectivity index (χ4n) is 2.48. The lowest BCUT2D eigenvalue weighted by Crippen LogP contribution is -2.22. The predicted octanol–water partition coefficient (Wildman–Crippen LogP) is 3.26. The highest BCUT2D eigenvalue weighted by Gasteiger charge is 2.24. The summed E-state index contributed by atoms with van der Waals surface area (Å²) in [7, 11) is 1.69. The lowest BCUT2D eigenvalue weighted by molar-refractivity contribution is -0.116. The van der Waals surface area contributed by atoms with Crippen LogP contribution in [-0.4, -0.2) is 23.7 Å². The number of amides is 1. The topological polar surface area (TPSA) is 50.3 Å². The van der Waals surface area contributed by atoms with Crippen LogP contribution >= 0.6 is 11.3 Å². The van der Waals surface area contributed by atoms with E-state index in [-0.39, 0.29) is 11.7 Å². The first kappa shape index (κ1) is 14.7. The van der Waals surface area contributed by atoms with E-state index in [1.807, 2.05) is 30.5 Å². The highest BCUT2D eigenvalue weighted by molar-refractivity contribution is 7.14. The van der Waals surface area contributed by atoms with E-state index < -0.39 is 0 Å². The van der Waals surface area contributed by atoms with Crippen LogP contribution in [0.3, 0.4) is 0 Å². The van der Waals surface area contributed by atoms with Crippen LogP contribution < -0.4 is 4.90 Å². The van der Waals surface area contributed by atoms with Gasteiger partial charge in [0.25, 0.3) is 0 Å². The number of hydrogen-bond acceptors (Lipinski definition) is 4. The van der Waals surface area contributed by atoms with E-state index in [4.69, 9.17) is 0 Å². The van der Waals surface area contributed by atoms with Gasteiger partial charge in [-0.2, -0.15) is 0 Å². The van der Waals surface area contributed by atoms with Gasteiger partial charge in [0.05, 0.1) is 5.69 Å². The second-order valence-corrected chi connectivity index (χ2v) is 6.31. The lowest BCUT2D eigenvalue weighted by Gasteiger charge is -2.09. The Morgan fingerprint density at radius 3 is 2.91 bits per heavy atom. The van der Waals surface area contributed by atoms with E-state index in [0.717, 1.165) is 28.0 Å². The fraction of sp³-hybridized carbons (Fsp3) is 0.235. The molecule has 1 aliphatic carbocycles. The third kappa shape index (κ3) is 2.60. The van der Waals surface area contributed by atoms with Gasteiger partial charge in [-0.15, -0.1) is 11.3 Å². The zero-order valence-corrected chi connectivity index (χ0v) is 13.5. The average Bonchev–Trinajstić information content (AvgIpc) is 3.04. The SMILES string of the molecule is CC(=O)N(C)c1nc(C=C2Cc3cc(C)ccc3C2=O)cs1. The number of anilines is 1. The number of aromatic nitrogens is 1. The molecule has 1 aromatic heterocycles. The van der Waals surface area contributed by atoms with Gasteiger partial charge in [-0.3, -0.25) is 14.5 Å². The normalized spacial score (nSPS) is 15.2. The Hall–Kier alpha value is -2.27. The van der Waals surface area contributed by atoms with Crippen molar-refractivity contribution in [1.29, 1.82) is 0 Å². The Kier molecular flexibility index (Phi) is 3.66. The molecule has 0 unspecified atom stereocenters. The first-order valence-corrected chi connectivity index (χ1v) is 7.88. The predicted molar refractivity (Wildman–Crippen MR) is 88.4 cm³/mol. The highest BCUT2D eigenvalue weighted by atomic mass is 32.1. The van der Waals surface area contributed by atoms with Crippen molar-refractivity contribution in [2.75, 3.05) is 11.9 Å². The number of rotatable bonds is 2. The van der Waals surface area contributed by atoms with E-state index in [0.29, 0.717) is 11.6 Å². The minimum Gasteiger partial charge on any atom is -0.291 e. The quantitative estimate of drug-likeness (QED) is 0.800. The van der Waals surface area contributed by atoms with E-state index in [2.05, 4.69) is 11.1 Å². The molecule has 0 fully saturated rings. The molecule has 2 aromatic rings. The number of carbonyl (C=O) groups excluding carboxylic acids is 2. The monoisotopic (exact) mass is 312 g/mol. The molecule has 0 bridgehead atoms. The first-order chi connectivity index (χ1) is 10.5. The Bertz CT molecular complexity index is 805. The number of hydrogen-bond donors (Lipinski definition) is 0. The average molecular weight is 312 g/mol. The molecule has 112 valence electrons. The van der Waals surface area contributed by atoms with E-state index in [1.165, 1.54) is 23.2 Å². The van der Waals surface area contributed by atoms with Gasteiger partial charge in [0, 0.05) is 36.9 Å². The summed E-state index contributed by atoms with van der Waals surface area (Å²) in [6, 6.07) is 5.91. The second kappa shape index (κ2) is 5.50. The van der Waals surface area contributed by atoms with Gasteiger partial charge in [-0.1, -0.05) is 23.8 Å². The Balaban J connectivity index is 1.88. The van der Waals surface area contributed by atoms with Crippen molar-refractivity contribution in [2.45, 2.75) is 20.3 Å². The molecule has 0 atom stereocenters. The molecule has 1 aliphatic rings. The third-order valence-electron chi connectivity index (χ3n) is 3.77. The number of thiazole rings is 1. The standard InChI is InChI=1S/C17H16N2O2S/c1-10-4-5-15-12(6-10)7-13(16(15)21)8-14-9-22-17(18-14)19(3)11(2)20/h4-6,8-9H,7H2,1-3H3. The summed E-state index contributed by atoms with van der Waals surface area (Å²) in [6.07, 6.45) is 2.47. The van der Waals surface area contributed by atoms with Crippen molar-refractivity contribution >= 4 is 34.2 Å². The molecule has 0 N–H and O–H groups in total. The smallest absolute Gasteiger partial charge is 0.225 e. The molecule has 5 heteroatoms. The number of fused-ring (bicyclic) bond motifs is 1. The minimum absolute atomic E-state index is 0.0617. The van der Waals surface area contributed by atoms with Gasteiger partial charge in [-0.25, -0.2) is 4.98 Å². The summed E-state index contributed by atoms with van der Waals surface area (Å²) in [4.78, 5) is 29.7. The van der Waals surface area contributed by atoms with Crippen molar-refractivity contribution in [2.24, 2.45) is 0 Å². The largest absolute Gasteiger partial charge is 0.291 e. The molecular formula is C17H16N2O2S. The Labute approximate surface area is 133 Å². The lowest BCUT2D eigenvalue weighted by atomic mass is 10.1. The number of Topliss-reactive ketones (excluding diaryl/α,β-unsaturated/α-hetero) is 1. The highest BCUT2D eigenvalue weighted by Crippen LogP contribution is 2.29. The van der Waals surface area contributed by atoms with Gasteiger partial charge in [0.15, 0.2) is 10.9 Å². The zero-order valence-electron chi connectivity index (χ0n) is 12.7. The number of carbonyl (C=O) groups is 2. The van der Waals surface area contributed by atoms with Gasteiger partial charge in [-0.05, 0) is 18.6 Å². The van der Waals surface area contributed by atoms with Gasteiger partial charge in [0.2, 0.25) is 5.91 Å². The molecule has 0 radical (unpaired) electrons. The van der Waals surface area contributed by atoms with Crippen LogP contribution in [0, 0.1) is 6.92 Å². The van der Waals surface area contributed by atoms with Crippen molar-refractivity contribution < 1.29 is 9.59 Å². The van der Waals surface area contributed by atoms with Crippen LogP contribution in [-0.2, 0) is 11.2 Å². The summed E-state index contributed by atoms with van der Waals surface area (Å²) < 4.78 is 0. The molecule has 22 heavy (non-hydrogen) atoms.